The number of hydrogen-bond donors (Lipinski definition) is 2. The van der Waals surface area contributed by atoms with E-state index >= 15 is 0 Å². The molecule has 0 bridgehead atoms. The van der Waals surface area contributed by atoms with Crippen molar-refractivity contribution in [2.45, 2.75) is 38.6 Å². The van der Waals surface area contributed by atoms with Gasteiger partial charge in [-0.15, -0.1) is 22.7 Å². The predicted octanol–water partition coefficient (Wildman–Crippen LogP) is 3.55. The average molecular weight is 278 g/mol. The molecule has 4 heteroatoms. The lowest BCUT2D eigenvalue weighted by atomic mass is 9.98. The van der Waals surface area contributed by atoms with Crippen LogP contribution in [0.25, 0.3) is 0 Å². The molecule has 0 spiro atoms. The second kappa shape index (κ2) is 5.13. The highest BCUT2D eigenvalue weighted by molar-refractivity contribution is 7.12. The molecular weight excluding hydrogens is 260 g/mol. The molecule has 2 heterocycles. The molecule has 1 aliphatic rings. The number of nitrogens with two attached hydrogens (primary N) is 1. The lowest BCUT2D eigenvalue weighted by Crippen LogP contribution is -2.28. The smallest absolute Gasteiger partial charge is 0.0813 e. The van der Waals surface area contributed by atoms with E-state index in [2.05, 4.69) is 29.9 Å². The SMILES string of the molecule is Cc1sccc1C(NN)c1cc2c(s1)CCCC2. The van der Waals surface area contributed by atoms with E-state index < -0.39 is 0 Å². The zero-order chi connectivity index (χ0) is 12.5. The first-order valence-corrected chi connectivity index (χ1v) is 8.11. The van der Waals surface area contributed by atoms with E-state index in [4.69, 9.17) is 5.84 Å². The monoisotopic (exact) mass is 278 g/mol. The summed E-state index contributed by atoms with van der Waals surface area (Å²) >= 11 is 3.72. The van der Waals surface area contributed by atoms with Crippen LogP contribution in [-0.2, 0) is 12.8 Å². The summed E-state index contributed by atoms with van der Waals surface area (Å²) in [5.41, 5.74) is 5.86. The summed E-state index contributed by atoms with van der Waals surface area (Å²) < 4.78 is 0. The lowest BCUT2D eigenvalue weighted by Gasteiger charge is -2.14. The van der Waals surface area contributed by atoms with Gasteiger partial charge in [-0.1, -0.05) is 0 Å². The van der Waals surface area contributed by atoms with Crippen LogP contribution >= 0.6 is 22.7 Å². The van der Waals surface area contributed by atoms with Crippen LogP contribution in [0.5, 0.6) is 0 Å². The van der Waals surface area contributed by atoms with Crippen LogP contribution in [0.2, 0.25) is 0 Å². The van der Waals surface area contributed by atoms with Crippen molar-refractivity contribution in [1.82, 2.24) is 5.43 Å². The average Bonchev–Trinajstić information content (AvgIpc) is 2.97. The van der Waals surface area contributed by atoms with Gasteiger partial charge >= 0.3 is 0 Å². The number of nitrogens with one attached hydrogen (secondary N) is 1. The minimum Gasteiger partial charge on any atom is -0.271 e. The number of hydrogen-bond acceptors (Lipinski definition) is 4. The quantitative estimate of drug-likeness (QED) is 0.665. The van der Waals surface area contributed by atoms with Gasteiger partial charge in [-0.25, -0.2) is 5.43 Å². The Balaban J connectivity index is 1.97. The Morgan fingerprint density at radius 3 is 2.83 bits per heavy atom. The maximum Gasteiger partial charge on any atom is 0.0813 e. The minimum atomic E-state index is 0.159. The third kappa shape index (κ3) is 2.14. The van der Waals surface area contributed by atoms with Gasteiger partial charge in [0.1, 0.15) is 0 Å². The molecule has 2 nitrogen and oxygen atoms in total. The molecule has 3 rings (SSSR count). The largest absolute Gasteiger partial charge is 0.271 e. The van der Waals surface area contributed by atoms with Crippen LogP contribution in [0.15, 0.2) is 17.5 Å². The van der Waals surface area contributed by atoms with Crippen LogP contribution in [0, 0.1) is 6.92 Å². The van der Waals surface area contributed by atoms with Gasteiger partial charge in [0.05, 0.1) is 6.04 Å². The maximum atomic E-state index is 5.78. The van der Waals surface area contributed by atoms with Crippen molar-refractivity contribution >= 4 is 22.7 Å². The summed E-state index contributed by atoms with van der Waals surface area (Å²) in [4.78, 5) is 4.29. The van der Waals surface area contributed by atoms with E-state index in [1.807, 2.05) is 11.3 Å². The summed E-state index contributed by atoms with van der Waals surface area (Å²) in [5.74, 6) is 5.78. The molecule has 0 aromatic carbocycles. The van der Waals surface area contributed by atoms with Gasteiger partial charge in [0.25, 0.3) is 0 Å². The normalized spacial score (nSPS) is 16.6. The highest BCUT2D eigenvalue weighted by Crippen LogP contribution is 2.36. The van der Waals surface area contributed by atoms with E-state index in [-0.39, 0.29) is 6.04 Å². The van der Waals surface area contributed by atoms with Crippen molar-refractivity contribution in [3.63, 3.8) is 0 Å². The number of fused-ring (bicyclic) bond motifs is 1. The summed E-state index contributed by atoms with van der Waals surface area (Å²) in [5, 5.41) is 2.14. The van der Waals surface area contributed by atoms with Crippen molar-refractivity contribution in [2.75, 3.05) is 0 Å². The molecule has 0 radical (unpaired) electrons. The third-order valence-corrected chi connectivity index (χ3v) is 5.84. The van der Waals surface area contributed by atoms with Gasteiger partial charge in [-0.2, -0.15) is 0 Å². The van der Waals surface area contributed by atoms with Gasteiger partial charge in [0.15, 0.2) is 0 Å². The first-order valence-electron chi connectivity index (χ1n) is 6.41. The number of hydrazine groups is 1. The molecule has 0 fully saturated rings. The third-order valence-electron chi connectivity index (χ3n) is 3.68. The van der Waals surface area contributed by atoms with Gasteiger partial charge < -0.3 is 0 Å². The molecule has 0 saturated carbocycles. The summed E-state index contributed by atoms with van der Waals surface area (Å²) in [7, 11) is 0. The molecule has 0 aliphatic heterocycles. The van der Waals surface area contributed by atoms with Crippen molar-refractivity contribution < 1.29 is 0 Å². The Morgan fingerprint density at radius 1 is 1.33 bits per heavy atom. The minimum absolute atomic E-state index is 0.159. The summed E-state index contributed by atoms with van der Waals surface area (Å²) in [6.07, 6.45) is 5.16. The summed E-state index contributed by atoms with van der Waals surface area (Å²) in [6, 6.07) is 4.70. The lowest BCUT2D eigenvalue weighted by molar-refractivity contribution is 0.644. The molecule has 18 heavy (non-hydrogen) atoms. The van der Waals surface area contributed by atoms with Crippen LogP contribution in [0.4, 0.5) is 0 Å². The van der Waals surface area contributed by atoms with Crippen LogP contribution in [0.3, 0.4) is 0 Å². The Bertz CT molecular complexity index is 518. The van der Waals surface area contributed by atoms with Crippen molar-refractivity contribution in [2.24, 2.45) is 5.84 Å². The standard InChI is InChI=1S/C14H18N2S2/c1-9-11(6-7-17-9)14(16-15)13-8-10-4-2-3-5-12(10)18-13/h6-8,14,16H,2-5,15H2,1H3. The molecule has 2 aromatic rings. The van der Waals surface area contributed by atoms with Crippen molar-refractivity contribution in [3.05, 3.63) is 43.3 Å². The number of aryl methyl sites for hydroxylation is 3. The Morgan fingerprint density at radius 2 is 2.17 bits per heavy atom. The van der Waals surface area contributed by atoms with E-state index in [1.54, 1.807) is 21.8 Å². The zero-order valence-electron chi connectivity index (χ0n) is 10.5. The molecule has 96 valence electrons. The zero-order valence-corrected chi connectivity index (χ0v) is 12.2. The molecular formula is C14H18N2S2. The van der Waals surface area contributed by atoms with Gasteiger partial charge in [0.2, 0.25) is 0 Å². The molecule has 0 saturated heterocycles. The van der Waals surface area contributed by atoms with Gasteiger partial charge in [0, 0.05) is 14.6 Å². The highest BCUT2D eigenvalue weighted by atomic mass is 32.1. The molecule has 1 unspecified atom stereocenters. The molecule has 3 N–H and O–H groups in total. The van der Waals surface area contributed by atoms with Crippen molar-refractivity contribution in [1.29, 1.82) is 0 Å². The predicted molar refractivity (Wildman–Crippen MR) is 79.2 cm³/mol. The fourth-order valence-corrected chi connectivity index (χ4v) is 4.75. The van der Waals surface area contributed by atoms with E-state index in [1.165, 1.54) is 41.0 Å². The topological polar surface area (TPSA) is 38.0 Å². The van der Waals surface area contributed by atoms with E-state index in [0.717, 1.165) is 0 Å². The number of thiophene rings is 2. The fraction of sp³-hybridized carbons (Fsp3) is 0.429. The maximum absolute atomic E-state index is 5.78. The van der Waals surface area contributed by atoms with Crippen LogP contribution in [-0.4, -0.2) is 0 Å². The Kier molecular flexibility index (Phi) is 3.52. The number of rotatable bonds is 3. The van der Waals surface area contributed by atoms with Gasteiger partial charge in [-0.05, 0) is 61.2 Å². The molecule has 1 atom stereocenters. The molecule has 1 aliphatic carbocycles. The second-order valence-electron chi connectivity index (χ2n) is 4.84. The highest BCUT2D eigenvalue weighted by Gasteiger charge is 2.21. The van der Waals surface area contributed by atoms with Crippen LogP contribution < -0.4 is 11.3 Å². The van der Waals surface area contributed by atoms with Gasteiger partial charge in [-0.3, -0.25) is 5.84 Å². The van der Waals surface area contributed by atoms with E-state index in [0.29, 0.717) is 0 Å². The van der Waals surface area contributed by atoms with E-state index in [9.17, 15) is 0 Å². The van der Waals surface area contributed by atoms with Crippen LogP contribution in [0.1, 0.15) is 44.6 Å². The Hall–Kier alpha value is -0.680. The Labute approximate surface area is 116 Å². The van der Waals surface area contributed by atoms with Crippen molar-refractivity contribution in [3.8, 4) is 0 Å². The first-order chi connectivity index (χ1) is 8.79. The second-order valence-corrected chi connectivity index (χ2v) is 7.12. The fourth-order valence-electron chi connectivity index (χ4n) is 2.68. The first kappa shape index (κ1) is 12.4. The summed E-state index contributed by atoms with van der Waals surface area (Å²) in [6.45, 7) is 2.16. The molecule has 2 aromatic heterocycles. The molecule has 0 amide bonds.